The van der Waals surface area contributed by atoms with E-state index in [2.05, 4.69) is 169 Å². The third-order valence-electron chi connectivity index (χ3n) is 14.0. The fraction of sp³-hybridized carbons (Fsp3) is 0.192. The molecular formula is C52H41N. The number of anilines is 3. The first-order valence-electron chi connectivity index (χ1n) is 19.8. The first-order chi connectivity index (χ1) is 26.2. The summed E-state index contributed by atoms with van der Waals surface area (Å²) in [7, 11) is 0. The summed E-state index contributed by atoms with van der Waals surface area (Å²) in [5.74, 6) is 3.32. The largest absolute Gasteiger partial charge is 0.310 e. The van der Waals surface area contributed by atoms with Crippen molar-refractivity contribution >= 4 is 49.4 Å². The highest BCUT2D eigenvalue weighted by molar-refractivity contribution is 6.13. The summed E-state index contributed by atoms with van der Waals surface area (Å²) in [6, 6.07) is 62.0. The topological polar surface area (TPSA) is 3.24 Å². The normalized spacial score (nSPS) is 23.5. The van der Waals surface area contributed by atoms with Crippen molar-refractivity contribution in [1.82, 2.24) is 0 Å². The molecule has 4 bridgehead atoms. The number of nitrogens with zero attached hydrogens (tertiary/aromatic N) is 1. The summed E-state index contributed by atoms with van der Waals surface area (Å²) in [5.41, 5.74) is 12.5. The molecule has 0 aromatic heterocycles. The van der Waals surface area contributed by atoms with E-state index < -0.39 is 0 Å². The lowest BCUT2D eigenvalue weighted by atomic mass is 9.43. The van der Waals surface area contributed by atoms with Crippen molar-refractivity contribution in [3.63, 3.8) is 0 Å². The third kappa shape index (κ3) is 4.20. The van der Waals surface area contributed by atoms with Crippen LogP contribution in [0.25, 0.3) is 54.6 Å². The van der Waals surface area contributed by atoms with Crippen molar-refractivity contribution in [2.24, 2.45) is 23.7 Å². The fourth-order valence-electron chi connectivity index (χ4n) is 12.2. The molecule has 0 saturated heterocycles. The van der Waals surface area contributed by atoms with Crippen LogP contribution in [0.1, 0.15) is 43.2 Å². The van der Waals surface area contributed by atoms with E-state index in [9.17, 15) is 0 Å². The average Bonchev–Trinajstić information content (AvgIpc) is 3.50. The number of rotatable bonds is 4. The van der Waals surface area contributed by atoms with Gasteiger partial charge >= 0.3 is 0 Å². The van der Waals surface area contributed by atoms with Crippen molar-refractivity contribution < 1.29 is 0 Å². The van der Waals surface area contributed by atoms with Crippen LogP contribution in [0.3, 0.4) is 0 Å². The summed E-state index contributed by atoms with van der Waals surface area (Å²) >= 11 is 0. The third-order valence-corrected chi connectivity index (χ3v) is 14.0. The summed E-state index contributed by atoms with van der Waals surface area (Å²) in [4.78, 5) is 2.54. The number of fused-ring (bicyclic) bond motifs is 7. The quantitative estimate of drug-likeness (QED) is 0.167. The lowest BCUT2D eigenvalue weighted by Crippen LogP contribution is -2.55. The van der Waals surface area contributed by atoms with E-state index in [1.807, 2.05) is 0 Å². The van der Waals surface area contributed by atoms with Crippen LogP contribution in [0.15, 0.2) is 164 Å². The van der Waals surface area contributed by atoms with Gasteiger partial charge in [-0.2, -0.15) is 0 Å². The van der Waals surface area contributed by atoms with Gasteiger partial charge in [-0.3, -0.25) is 0 Å². The monoisotopic (exact) mass is 679 g/mol. The van der Waals surface area contributed by atoms with E-state index in [0.29, 0.717) is 0 Å². The summed E-state index contributed by atoms with van der Waals surface area (Å²) < 4.78 is 0. The Labute approximate surface area is 311 Å². The molecule has 8 aromatic rings. The van der Waals surface area contributed by atoms with E-state index in [0.717, 1.165) is 23.7 Å². The second-order valence-electron chi connectivity index (χ2n) is 16.5. The van der Waals surface area contributed by atoms with E-state index >= 15 is 0 Å². The Morgan fingerprint density at radius 1 is 0.396 bits per heavy atom. The molecule has 53 heavy (non-hydrogen) atoms. The molecule has 0 atom stereocenters. The molecule has 0 heterocycles. The molecule has 0 N–H and O–H groups in total. The molecule has 0 unspecified atom stereocenters. The van der Waals surface area contributed by atoms with E-state index in [4.69, 9.17) is 0 Å². The minimum Gasteiger partial charge on any atom is -0.310 e. The lowest BCUT2D eigenvalue weighted by molar-refractivity contribution is -0.0399. The summed E-state index contributed by atoms with van der Waals surface area (Å²) in [5, 5.41) is 7.72. The Hall–Kier alpha value is -5.66. The highest BCUT2D eigenvalue weighted by Crippen LogP contribution is 2.69. The van der Waals surface area contributed by atoms with Gasteiger partial charge in [-0.1, -0.05) is 127 Å². The van der Waals surface area contributed by atoms with Gasteiger partial charge in [-0.05, 0) is 152 Å². The highest BCUT2D eigenvalue weighted by atomic mass is 15.1. The maximum Gasteiger partial charge on any atom is 0.0540 e. The minimum absolute atomic E-state index is 0.126. The van der Waals surface area contributed by atoms with Crippen LogP contribution in [-0.4, -0.2) is 0 Å². The Morgan fingerprint density at radius 2 is 1.00 bits per heavy atom. The van der Waals surface area contributed by atoms with Gasteiger partial charge in [0.15, 0.2) is 0 Å². The van der Waals surface area contributed by atoms with Crippen molar-refractivity contribution in [2.75, 3.05) is 4.90 Å². The van der Waals surface area contributed by atoms with Gasteiger partial charge in [0.2, 0.25) is 0 Å². The number of hydrogen-bond donors (Lipinski definition) is 0. The Bertz CT molecular complexity index is 2720. The molecule has 13 rings (SSSR count). The van der Waals surface area contributed by atoms with Crippen LogP contribution >= 0.6 is 0 Å². The summed E-state index contributed by atoms with van der Waals surface area (Å²) in [6.45, 7) is 0. The summed E-state index contributed by atoms with van der Waals surface area (Å²) in [6.07, 6.45) is 7.04. The zero-order valence-corrected chi connectivity index (χ0v) is 29.9. The molecule has 254 valence electrons. The number of hydrogen-bond acceptors (Lipinski definition) is 1. The predicted molar refractivity (Wildman–Crippen MR) is 222 cm³/mol. The van der Waals surface area contributed by atoms with Crippen molar-refractivity contribution in [3.8, 4) is 22.3 Å². The van der Waals surface area contributed by atoms with Crippen LogP contribution in [0, 0.1) is 23.7 Å². The first-order valence-corrected chi connectivity index (χ1v) is 19.8. The molecule has 5 aliphatic carbocycles. The van der Waals surface area contributed by atoms with Crippen molar-refractivity contribution in [2.45, 2.75) is 37.5 Å². The van der Waals surface area contributed by atoms with E-state index in [1.54, 1.807) is 11.1 Å². The van der Waals surface area contributed by atoms with Crippen molar-refractivity contribution in [3.05, 3.63) is 175 Å². The zero-order chi connectivity index (χ0) is 34.7. The molecule has 1 spiro atoms. The molecule has 4 saturated carbocycles. The standard InChI is InChI=1S/C52H41N/c1-4-14-43-35(10-1)12-9-19-51(43)53(40-22-20-36(21-23-40)48-31-37-11-2-3-13-42(37)44-15-5-6-16-45(44)48)41-24-25-47-46-17-7-8-18-49(46)52(50(47)32-41)38-27-33-26-34(29-38)30-39(52)28-33/h1-25,31-34,38-39H,26-30H2. The Balaban J connectivity index is 1.05. The Kier molecular flexibility index (Phi) is 6.30. The van der Waals surface area contributed by atoms with E-state index in [1.165, 1.54) is 104 Å². The molecule has 5 aliphatic rings. The Morgan fingerprint density at radius 3 is 1.79 bits per heavy atom. The molecular weight excluding hydrogens is 639 g/mol. The van der Waals surface area contributed by atoms with Crippen LogP contribution in [0.2, 0.25) is 0 Å². The predicted octanol–water partition coefficient (Wildman–Crippen LogP) is 14.0. The zero-order valence-electron chi connectivity index (χ0n) is 29.9. The smallest absolute Gasteiger partial charge is 0.0540 e. The molecule has 0 aliphatic heterocycles. The van der Waals surface area contributed by atoms with Crippen molar-refractivity contribution in [1.29, 1.82) is 0 Å². The van der Waals surface area contributed by atoms with Gasteiger partial charge in [0.1, 0.15) is 0 Å². The minimum atomic E-state index is 0.126. The average molecular weight is 680 g/mol. The SMILES string of the molecule is c1ccc2c(c1)-c1ccc(N(c3ccc(-c4cc5ccccc5c5ccccc45)cc3)c3cccc4ccccc34)cc1C21C2CC3CC(C2)CC1C3. The van der Waals surface area contributed by atoms with Crippen LogP contribution in [-0.2, 0) is 5.41 Å². The van der Waals surface area contributed by atoms with Crippen LogP contribution < -0.4 is 4.90 Å². The van der Waals surface area contributed by atoms with Crippen LogP contribution in [0.5, 0.6) is 0 Å². The molecule has 0 amide bonds. The van der Waals surface area contributed by atoms with E-state index in [-0.39, 0.29) is 5.41 Å². The number of benzene rings is 8. The second-order valence-corrected chi connectivity index (χ2v) is 16.5. The van der Waals surface area contributed by atoms with Gasteiger partial charge in [0.25, 0.3) is 0 Å². The molecule has 1 nitrogen and oxygen atoms in total. The maximum absolute atomic E-state index is 2.63. The molecule has 0 radical (unpaired) electrons. The first kappa shape index (κ1) is 29.9. The molecule has 1 heteroatoms. The van der Waals surface area contributed by atoms with Gasteiger partial charge in [0.05, 0.1) is 5.69 Å². The second kappa shape index (κ2) is 11.2. The van der Waals surface area contributed by atoms with Gasteiger partial charge < -0.3 is 4.90 Å². The highest BCUT2D eigenvalue weighted by Gasteiger charge is 2.61. The van der Waals surface area contributed by atoms with Gasteiger partial charge in [0, 0.05) is 22.2 Å². The van der Waals surface area contributed by atoms with Crippen LogP contribution in [0.4, 0.5) is 17.1 Å². The fourth-order valence-corrected chi connectivity index (χ4v) is 12.2. The molecule has 8 aromatic carbocycles. The lowest BCUT2D eigenvalue weighted by Gasteiger charge is -2.61. The maximum atomic E-state index is 2.63. The van der Waals surface area contributed by atoms with Gasteiger partial charge in [-0.25, -0.2) is 0 Å². The van der Waals surface area contributed by atoms with Gasteiger partial charge in [-0.15, -0.1) is 0 Å². The molecule has 4 fully saturated rings.